The second-order valence-electron chi connectivity index (χ2n) is 4.97. The van der Waals surface area contributed by atoms with Crippen molar-refractivity contribution < 1.29 is 4.74 Å². The highest BCUT2D eigenvalue weighted by molar-refractivity contribution is 5.87. The molecule has 0 aliphatic rings. The molecular weight excluding hydrogens is 258 g/mol. The maximum absolute atomic E-state index is 5.94. The summed E-state index contributed by atoms with van der Waals surface area (Å²) in [7, 11) is 0. The van der Waals surface area contributed by atoms with Crippen LogP contribution < -0.4 is 10.1 Å². The maximum Gasteiger partial charge on any atom is 0.124 e. The summed E-state index contributed by atoms with van der Waals surface area (Å²) < 4.78 is 5.94. The van der Waals surface area contributed by atoms with E-state index in [1.807, 2.05) is 6.92 Å². The van der Waals surface area contributed by atoms with Gasteiger partial charge in [-0.1, -0.05) is 37.3 Å². The molecular formula is C19H23NO. The predicted octanol–water partition coefficient (Wildman–Crippen LogP) is 4.13. The van der Waals surface area contributed by atoms with Crippen LogP contribution in [0.4, 0.5) is 0 Å². The highest BCUT2D eigenvalue weighted by Crippen LogP contribution is 2.28. The molecule has 0 aliphatic carbocycles. The summed E-state index contributed by atoms with van der Waals surface area (Å²) in [6.45, 7) is 6.53. The molecule has 0 aliphatic heterocycles. The van der Waals surface area contributed by atoms with Gasteiger partial charge in [-0.25, -0.2) is 0 Å². The van der Waals surface area contributed by atoms with Crippen LogP contribution >= 0.6 is 0 Å². The fraction of sp³-hybridized carbons (Fsp3) is 0.368. The SMILES string of the molecule is CC#CCCOc1ccc2ccccc2c1CNCCC. The van der Waals surface area contributed by atoms with E-state index in [-0.39, 0.29) is 0 Å². The van der Waals surface area contributed by atoms with Crippen molar-refractivity contribution in [3.8, 4) is 17.6 Å². The first-order chi connectivity index (χ1) is 10.4. The molecule has 0 saturated carbocycles. The van der Waals surface area contributed by atoms with Crippen LogP contribution in [-0.2, 0) is 6.54 Å². The van der Waals surface area contributed by atoms with Crippen molar-refractivity contribution >= 4 is 10.8 Å². The van der Waals surface area contributed by atoms with Gasteiger partial charge in [0, 0.05) is 18.5 Å². The number of hydrogen-bond acceptors (Lipinski definition) is 2. The van der Waals surface area contributed by atoms with Crippen LogP contribution in [-0.4, -0.2) is 13.2 Å². The summed E-state index contributed by atoms with van der Waals surface area (Å²) >= 11 is 0. The van der Waals surface area contributed by atoms with Crippen LogP contribution in [0.15, 0.2) is 36.4 Å². The summed E-state index contributed by atoms with van der Waals surface area (Å²) in [5, 5.41) is 6.00. The molecule has 0 amide bonds. The lowest BCUT2D eigenvalue weighted by molar-refractivity contribution is 0.323. The predicted molar refractivity (Wildman–Crippen MR) is 89.5 cm³/mol. The van der Waals surface area contributed by atoms with Gasteiger partial charge < -0.3 is 10.1 Å². The third-order valence-electron chi connectivity index (χ3n) is 3.39. The van der Waals surface area contributed by atoms with E-state index in [1.54, 1.807) is 0 Å². The van der Waals surface area contributed by atoms with Crippen molar-refractivity contribution in [3.63, 3.8) is 0 Å². The average Bonchev–Trinajstić information content (AvgIpc) is 2.53. The van der Waals surface area contributed by atoms with Gasteiger partial charge in [0.15, 0.2) is 0 Å². The molecule has 110 valence electrons. The number of rotatable bonds is 7. The second-order valence-corrected chi connectivity index (χ2v) is 4.97. The lowest BCUT2D eigenvalue weighted by Gasteiger charge is -2.14. The van der Waals surface area contributed by atoms with Crippen molar-refractivity contribution in [1.29, 1.82) is 0 Å². The van der Waals surface area contributed by atoms with Crippen LogP contribution in [0.25, 0.3) is 10.8 Å². The van der Waals surface area contributed by atoms with Gasteiger partial charge >= 0.3 is 0 Å². The Kier molecular flexibility index (Phi) is 6.12. The number of benzene rings is 2. The Hall–Kier alpha value is -1.98. The van der Waals surface area contributed by atoms with E-state index in [1.165, 1.54) is 16.3 Å². The topological polar surface area (TPSA) is 21.3 Å². The van der Waals surface area contributed by atoms with E-state index in [2.05, 4.69) is 60.5 Å². The Morgan fingerprint density at radius 2 is 2.00 bits per heavy atom. The quantitative estimate of drug-likeness (QED) is 0.608. The standard InChI is InChI=1S/C19H23NO/c1-3-5-8-14-21-19-12-11-16-9-6-7-10-17(16)18(19)15-20-13-4-2/h6-7,9-12,20H,4,8,13-15H2,1-2H3. The van der Waals surface area contributed by atoms with Gasteiger partial charge in [-0.05, 0) is 36.7 Å². The smallest absolute Gasteiger partial charge is 0.124 e. The first kappa shape index (κ1) is 15.4. The molecule has 21 heavy (non-hydrogen) atoms. The zero-order valence-electron chi connectivity index (χ0n) is 12.9. The molecule has 1 N–H and O–H groups in total. The lowest BCUT2D eigenvalue weighted by atomic mass is 10.0. The minimum Gasteiger partial charge on any atom is -0.492 e. The molecule has 0 atom stereocenters. The van der Waals surface area contributed by atoms with Gasteiger partial charge in [-0.3, -0.25) is 0 Å². The molecule has 0 saturated heterocycles. The van der Waals surface area contributed by atoms with E-state index < -0.39 is 0 Å². The number of fused-ring (bicyclic) bond motifs is 1. The van der Waals surface area contributed by atoms with Gasteiger partial charge in [-0.2, -0.15) is 0 Å². The summed E-state index contributed by atoms with van der Waals surface area (Å²) in [5.74, 6) is 6.90. The Morgan fingerprint density at radius 1 is 1.14 bits per heavy atom. The average molecular weight is 281 g/mol. The van der Waals surface area contributed by atoms with Crippen molar-refractivity contribution in [2.75, 3.05) is 13.2 Å². The van der Waals surface area contributed by atoms with E-state index >= 15 is 0 Å². The Labute approximate surface area is 127 Å². The zero-order chi connectivity index (χ0) is 14.9. The lowest BCUT2D eigenvalue weighted by Crippen LogP contribution is -2.15. The van der Waals surface area contributed by atoms with Gasteiger partial charge in [-0.15, -0.1) is 11.8 Å². The molecule has 2 rings (SSSR count). The van der Waals surface area contributed by atoms with E-state index in [4.69, 9.17) is 4.74 Å². The molecule has 0 aromatic heterocycles. The summed E-state index contributed by atoms with van der Waals surface area (Å²) in [6, 6.07) is 12.7. The van der Waals surface area contributed by atoms with Gasteiger partial charge in [0.2, 0.25) is 0 Å². The first-order valence-corrected chi connectivity index (χ1v) is 7.60. The fourth-order valence-electron chi connectivity index (χ4n) is 2.36. The van der Waals surface area contributed by atoms with Crippen molar-refractivity contribution in [2.45, 2.75) is 33.2 Å². The molecule has 0 bridgehead atoms. The summed E-state index contributed by atoms with van der Waals surface area (Å²) in [6.07, 6.45) is 1.90. The van der Waals surface area contributed by atoms with Gasteiger partial charge in [0.25, 0.3) is 0 Å². The minimum absolute atomic E-state index is 0.639. The monoisotopic (exact) mass is 281 g/mol. The fourth-order valence-corrected chi connectivity index (χ4v) is 2.36. The van der Waals surface area contributed by atoms with E-state index in [0.29, 0.717) is 6.61 Å². The molecule has 2 heteroatoms. The van der Waals surface area contributed by atoms with Crippen LogP contribution in [0.5, 0.6) is 5.75 Å². The number of hydrogen-bond donors (Lipinski definition) is 1. The molecule has 2 nitrogen and oxygen atoms in total. The summed E-state index contributed by atoms with van der Waals surface area (Å²) in [4.78, 5) is 0. The van der Waals surface area contributed by atoms with Crippen molar-refractivity contribution in [1.82, 2.24) is 5.32 Å². The zero-order valence-corrected chi connectivity index (χ0v) is 12.9. The van der Waals surface area contributed by atoms with Crippen molar-refractivity contribution in [3.05, 3.63) is 42.0 Å². The largest absolute Gasteiger partial charge is 0.492 e. The maximum atomic E-state index is 5.94. The minimum atomic E-state index is 0.639. The van der Waals surface area contributed by atoms with Crippen LogP contribution in [0, 0.1) is 11.8 Å². The highest BCUT2D eigenvalue weighted by atomic mass is 16.5. The van der Waals surface area contributed by atoms with Gasteiger partial charge in [0.05, 0.1) is 6.61 Å². The Balaban J connectivity index is 2.24. The van der Waals surface area contributed by atoms with E-state index in [0.717, 1.165) is 31.7 Å². The second kappa shape index (κ2) is 8.34. The highest BCUT2D eigenvalue weighted by Gasteiger charge is 2.08. The third kappa shape index (κ3) is 4.24. The van der Waals surface area contributed by atoms with Crippen LogP contribution in [0.2, 0.25) is 0 Å². The molecule has 0 radical (unpaired) electrons. The molecule has 0 heterocycles. The van der Waals surface area contributed by atoms with E-state index in [9.17, 15) is 0 Å². The van der Waals surface area contributed by atoms with Gasteiger partial charge in [0.1, 0.15) is 5.75 Å². The Bertz CT molecular complexity index is 637. The van der Waals surface area contributed by atoms with Crippen molar-refractivity contribution in [2.24, 2.45) is 0 Å². The van der Waals surface area contributed by atoms with Crippen LogP contribution in [0.1, 0.15) is 32.3 Å². The summed E-state index contributed by atoms with van der Waals surface area (Å²) in [5.41, 5.74) is 1.24. The number of ether oxygens (including phenoxy) is 1. The molecule has 0 fully saturated rings. The third-order valence-corrected chi connectivity index (χ3v) is 3.39. The Morgan fingerprint density at radius 3 is 2.81 bits per heavy atom. The van der Waals surface area contributed by atoms with Crippen LogP contribution in [0.3, 0.4) is 0 Å². The normalized spacial score (nSPS) is 10.2. The molecule has 0 unspecified atom stereocenters. The molecule has 2 aromatic rings. The molecule has 2 aromatic carbocycles. The number of nitrogens with one attached hydrogen (secondary N) is 1. The molecule has 0 spiro atoms. The first-order valence-electron chi connectivity index (χ1n) is 7.60.